The first kappa shape index (κ1) is 31.8. The molecule has 242 valence electrons. The Hall–Kier alpha value is -2.91. The van der Waals surface area contributed by atoms with Crippen molar-refractivity contribution >= 4 is 170 Å². The van der Waals surface area contributed by atoms with Crippen LogP contribution in [0.1, 0.15) is 22.3 Å². The zero-order valence-corrected chi connectivity index (χ0v) is 31.5. The van der Waals surface area contributed by atoms with E-state index in [1.807, 2.05) is 0 Å². The molecule has 6 bridgehead atoms. The summed E-state index contributed by atoms with van der Waals surface area (Å²) in [6, 6.07) is 13.3. The normalized spacial score (nSPS) is 15.3. The van der Waals surface area contributed by atoms with Crippen molar-refractivity contribution in [2.24, 2.45) is 25.0 Å². The van der Waals surface area contributed by atoms with Gasteiger partial charge in [0.2, 0.25) is 0 Å². The molecule has 0 fully saturated rings. The molecule has 6 heterocycles. The van der Waals surface area contributed by atoms with E-state index in [9.17, 15) is 0 Å². The smallest absolute Gasteiger partial charge is 0.371 e. The Bertz CT molecular complexity index is 2750. The molecule has 0 N–H and O–H groups in total. The molecule has 7 nitrogen and oxygen atoms in total. The number of nitrogens with zero attached hydrogens (tertiary/aromatic N) is 7. The van der Waals surface area contributed by atoms with E-state index in [-0.39, 0.29) is 64.8 Å². The summed E-state index contributed by atoms with van der Waals surface area (Å²) < 4.78 is 21.3. The minimum atomic E-state index is -4.00. The lowest BCUT2D eigenvalue weighted by atomic mass is 10.0. The number of hydrogen-bond acceptors (Lipinski definition) is 5. The molecule has 0 saturated carbocycles. The summed E-state index contributed by atoms with van der Waals surface area (Å²) in [5, 5.41) is 4.69. The molecule has 4 aromatic carbocycles. The Morgan fingerprint density at radius 1 is 0.440 bits per heavy atom. The van der Waals surface area contributed by atoms with Crippen molar-refractivity contribution in [2.45, 2.75) is 0 Å². The highest BCUT2D eigenvalue weighted by molar-refractivity contribution is 6.52. The molecule has 0 amide bonds. The van der Waals surface area contributed by atoms with Crippen molar-refractivity contribution in [2.75, 3.05) is 0 Å². The Morgan fingerprint density at radius 3 is 1.42 bits per heavy atom. The second kappa shape index (κ2) is 11.1. The van der Waals surface area contributed by atoms with Gasteiger partial charge in [-0.15, -0.1) is 0 Å². The lowest BCUT2D eigenvalue weighted by Crippen LogP contribution is -2.43. The quantitative estimate of drug-likeness (QED) is 0.137. The molecular weight excluding hydrogens is 824 g/mol. The lowest BCUT2D eigenvalue weighted by Gasteiger charge is -2.13. The first-order valence-corrected chi connectivity index (χ1v) is 19.1. The fourth-order valence-electron chi connectivity index (χ4n) is 6.73. The molecule has 2 aromatic heterocycles. The van der Waals surface area contributed by atoms with Gasteiger partial charge in [0.25, 0.3) is 0 Å². The third-order valence-electron chi connectivity index (χ3n) is 8.96. The molecule has 0 radical (unpaired) electrons. The summed E-state index contributed by atoms with van der Waals surface area (Å²) >= 11 is 48.5. The maximum atomic E-state index is 18.3. The van der Waals surface area contributed by atoms with Crippen LogP contribution in [0.3, 0.4) is 0 Å². The van der Waals surface area contributed by atoms with Crippen LogP contribution in [0.2, 0.25) is 40.2 Å². The van der Waals surface area contributed by atoms with Crippen molar-refractivity contribution in [1.29, 1.82) is 0 Å². The van der Waals surface area contributed by atoms with Crippen molar-refractivity contribution in [3.05, 3.63) is 122 Å². The van der Waals surface area contributed by atoms with Gasteiger partial charge >= 0.3 is 15.0 Å². The van der Waals surface area contributed by atoms with Crippen molar-refractivity contribution in [3.63, 3.8) is 0 Å². The van der Waals surface area contributed by atoms with Crippen LogP contribution in [0.5, 0.6) is 0 Å². The van der Waals surface area contributed by atoms with Gasteiger partial charge in [0, 0.05) is 49.1 Å². The molecule has 0 saturated heterocycles. The van der Waals surface area contributed by atoms with Crippen LogP contribution in [0.25, 0.3) is 27.6 Å². The predicted molar refractivity (Wildman–Crippen MR) is 205 cm³/mol. The highest BCUT2D eigenvalue weighted by Crippen LogP contribution is 2.45. The van der Waals surface area contributed by atoms with Crippen molar-refractivity contribution in [1.82, 2.24) is 7.10 Å². The minimum Gasteiger partial charge on any atom is -0.371 e. The van der Waals surface area contributed by atoms with Gasteiger partial charge in [0.05, 0.1) is 45.9 Å². The summed E-state index contributed by atoms with van der Waals surface area (Å²) in [6.07, 6.45) is 1.76. The first-order valence-electron chi connectivity index (χ1n) is 14.6. The number of benzene rings is 4. The van der Waals surface area contributed by atoms with E-state index in [4.69, 9.17) is 118 Å². The van der Waals surface area contributed by atoms with E-state index >= 15 is 3.52 Å². The number of hydrogen-bond donors (Lipinski definition) is 0. The van der Waals surface area contributed by atoms with Gasteiger partial charge in [0.15, 0.2) is 17.5 Å². The maximum Gasteiger partial charge on any atom is 0.851 e. The van der Waals surface area contributed by atoms with Crippen LogP contribution in [0, 0.1) is 0 Å². The summed E-state index contributed by atoms with van der Waals surface area (Å²) in [5.74, 6) is 1.19. The molecule has 4 aliphatic rings. The van der Waals surface area contributed by atoms with Crippen LogP contribution in [-0.4, -0.2) is 45.4 Å². The van der Waals surface area contributed by atoms with Gasteiger partial charge in [0.1, 0.15) is 17.1 Å². The largest absolute Gasteiger partial charge is 0.851 e. The topological polar surface area (TPSA) is 71.7 Å². The Morgan fingerprint density at radius 2 is 0.860 bits per heavy atom. The Labute approximate surface area is 325 Å². The number of fused-ring (bicyclic) bond motifs is 14. The highest BCUT2D eigenvalue weighted by Gasteiger charge is 2.41. The van der Waals surface area contributed by atoms with E-state index in [2.05, 4.69) is 0 Å². The number of aliphatic imine (C=N–C) groups is 4. The zero-order valence-electron chi connectivity index (χ0n) is 24.3. The van der Waals surface area contributed by atoms with Gasteiger partial charge in [-0.1, -0.05) is 92.8 Å². The minimum absolute atomic E-state index is 0.207. The average Bonchev–Trinajstić information content (AvgIpc) is 3.74. The molecule has 10 rings (SSSR count). The van der Waals surface area contributed by atoms with Crippen molar-refractivity contribution < 1.29 is 3.52 Å². The van der Waals surface area contributed by atoms with E-state index < -0.39 is 15.0 Å². The number of aromatic nitrogens is 2. The first-order chi connectivity index (χ1) is 24.0. The zero-order chi connectivity index (χ0) is 34.5. The molecular formula is C33H9AlCl8FN7. The second-order valence-corrected chi connectivity index (χ2v) is 16.6. The van der Waals surface area contributed by atoms with Crippen LogP contribution < -0.4 is 10.8 Å². The molecule has 50 heavy (non-hydrogen) atoms. The van der Waals surface area contributed by atoms with Gasteiger partial charge < -0.3 is 10.6 Å². The van der Waals surface area contributed by atoms with E-state index in [1.165, 1.54) is 3.55 Å². The number of halogens is 9. The standard InChI is InChI=1S/C33H9Cl8N7.Al.FH/c34-18-1-10-12(3-20(18)36)28-42-26(10)9-27-11-2-19(35)21(37)4-13(11)29(43-27)45-31-15-6-23(39)25(41)8-17(15)33(47-31)48-32-16-7-24(40)22(38)5-14(16)30(44-28)46-32;;/h1-9H;;1H/q-2;+3;/p-1. The molecule has 6 aromatic rings. The number of amidine groups is 3. The Balaban J connectivity index is 1.49. The molecule has 4 aliphatic heterocycles. The maximum absolute atomic E-state index is 18.3. The van der Waals surface area contributed by atoms with Crippen molar-refractivity contribution in [3.8, 4) is 0 Å². The highest BCUT2D eigenvalue weighted by atomic mass is 35.5. The van der Waals surface area contributed by atoms with Crippen LogP contribution in [-0.2, 0) is 0 Å². The monoisotopic (exact) mass is 829 g/mol. The molecule has 0 unspecified atom stereocenters. The van der Waals surface area contributed by atoms with E-state index in [0.717, 1.165) is 0 Å². The second-order valence-electron chi connectivity index (χ2n) is 11.7. The molecule has 0 spiro atoms. The summed E-state index contributed by atoms with van der Waals surface area (Å²) in [4.78, 5) is 24.8. The lowest BCUT2D eigenvalue weighted by molar-refractivity contribution is 0.737. The molecule has 0 aliphatic carbocycles. The SMILES string of the molecule is [F][Al]1[n]2c3c4cc(Cl)c(Cl)cc4c2N=C2N=C(N=c4c5cc(Cl)c(Cl)cc5c([n]41)=CC1=NC(=N3)c3cc(Cl)c(Cl)cc31)c1cc(Cl)c(Cl)cc12. The summed E-state index contributed by atoms with van der Waals surface area (Å²) in [6.45, 7) is 0. The van der Waals surface area contributed by atoms with Crippen LogP contribution >= 0.6 is 92.8 Å². The Kier molecular flexibility index (Phi) is 7.03. The molecule has 17 heteroatoms. The fourth-order valence-corrected chi connectivity index (χ4v) is 9.91. The fraction of sp³-hybridized carbons (Fsp3) is 0. The average molecular weight is 833 g/mol. The van der Waals surface area contributed by atoms with Gasteiger partial charge in [-0.05, 0) is 54.6 Å². The van der Waals surface area contributed by atoms with Gasteiger partial charge in [-0.25, -0.2) is 25.0 Å². The third-order valence-corrected chi connectivity index (χ3v) is 13.7. The third kappa shape index (κ3) is 4.40. The molecule has 0 atom stereocenters. The predicted octanol–water partition coefficient (Wildman–Crippen LogP) is 10.3. The van der Waals surface area contributed by atoms with Crippen LogP contribution in [0.4, 0.5) is 15.2 Å². The van der Waals surface area contributed by atoms with E-state index in [0.29, 0.717) is 64.9 Å². The summed E-state index contributed by atoms with van der Waals surface area (Å²) in [5.41, 5.74) is 3.07. The number of rotatable bonds is 0. The van der Waals surface area contributed by atoms with Crippen LogP contribution in [0.15, 0.2) is 73.5 Å². The van der Waals surface area contributed by atoms with E-state index in [1.54, 1.807) is 58.2 Å². The van der Waals surface area contributed by atoms with Gasteiger partial charge in [-0.3, -0.25) is 0 Å². The van der Waals surface area contributed by atoms with Gasteiger partial charge in [-0.2, -0.15) is 0 Å². The summed E-state index contributed by atoms with van der Waals surface area (Å²) in [7, 11) is 0.